The molecule has 0 aromatic heterocycles. The lowest BCUT2D eigenvalue weighted by molar-refractivity contribution is -0.160. The highest BCUT2D eigenvalue weighted by molar-refractivity contribution is 5.88. The van der Waals surface area contributed by atoms with Crippen molar-refractivity contribution < 1.29 is 14.7 Å². The second-order valence-electron chi connectivity index (χ2n) is 6.01. The zero-order chi connectivity index (χ0) is 15.5. The van der Waals surface area contributed by atoms with Crippen molar-refractivity contribution in [2.45, 2.75) is 51.0 Å². The minimum Gasteiger partial charge on any atom is -0.479 e. The second-order valence-corrected chi connectivity index (χ2v) is 6.01. The van der Waals surface area contributed by atoms with E-state index in [1.807, 2.05) is 31.2 Å². The minimum absolute atomic E-state index is 0.122. The summed E-state index contributed by atoms with van der Waals surface area (Å²) in [6, 6.07) is 7.79. The summed E-state index contributed by atoms with van der Waals surface area (Å²) < 4.78 is 0. The van der Waals surface area contributed by atoms with Crippen LogP contribution >= 0.6 is 0 Å². The molecule has 1 fully saturated rings. The summed E-state index contributed by atoms with van der Waals surface area (Å²) >= 11 is 0. The summed E-state index contributed by atoms with van der Waals surface area (Å²) in [5.74, 6) is -0.995. The topological polar surface area (TPSA) is 57.6 Å². The Kier molecular flexibility index (Phi) is 4.66. The third-order valence-electron chi connectivity index (χ3n) is 4.57. The van der Waals surface area contributed by atoms with Crippen molar-refractivity contribution in [1.82, 2.24) is 4.90 Å². The first-order valence-corrected chi connectivity index (χ1v) is 7.51. The molecule has 1 saturated carbocycles. The molecule has 1 aromatic carbocycles. The van der Waals surface area contributed by atoms with Gasteiger partial charge in [0.05, 0.1) is 6.42 Å². The normalized spacial score (nSPS) is 17.2. The molecule has 0 radical (unpaired) electrons. The standard InChI is InChI=1S/C17H23NO3/c1-13-6-8-14(9-7-13)12-15(19)18(2)17(16(20)21)10-4-3-5-11-17/h6-9H,3-5,10-12H2,1-2H3,(H,20,21). The van der Waals surface area contributed by atoms with E-state index in [0.717, 1.165) is 30.4 Å². The number of aliphatic carboxylic acids is 1. The number of benzene rings is 1. The van der Waals surface area contributed by atoms with E-state index < -0.39 is 11.5 Å². The average Bonchev–Trinajstić information content (AvgIpc) is 2.49. The van der Waals surface area contributed by atoms with E-state index >= 15 is 0 Å². The lowest BCUT2D eigenvalue weighted by Gasteiger charge is -2.41. The Morgan fingerprint density at radius 2 is 1.71 bits per heavy atom. The van der Waals surface area contributed by atoms with Crippen LogP contribution in [0.15, 0.2) is 24.3 Å². The van der Waals surface area contributed by atoms with Gasteiger partial charge in [0.1, 0.15) is 5.54 Å². The SMILES string of the molecule is Cc1ccc(CC(=O)N(C)C2(C(=O)O)CCCCC2)cc1. The molecule has 1 aromatic rings. The molecule has 4 heteroatoms. The van der Waals surface area contributed by atoms with Crippen LogP contribution in [-0.2, 0) is 16.0 Å². The first-order chi connectivity index (χ1) is 9.95. The van der Waals surface area contributed by atoms with Gasteiger partial charge >= 0.3 is 5.97 Å². The van der Waals surface area contributed by atoms with Crippen LogP contribution in [0.4, 0.5) is 0 Å². The molecule has 0 saturated heterocycles. The van der Waals surface area contributed by atoms with Crippen LogP contribution in [-0.4, -0.2) is 34.5 Å². The van der Waals surface area contributed by atoms with Crippen molar-refractivity contribution in [2.75, 3.05) is 7.05 Å². The maximum atomic E-state index is 12.5. The van der Waals surface area contributed by atoms with E-state index in [0.29, 0.717) is 12.8 Å². The van der Waals surface area contributed by atoms with Crippen LogP contribution in [0.3, 0.4) is 0 Å². The maximum Gasteiger partial charge on any atom is 0.329 e. The Morgan fingerprint density at radius 1 is 1.14 bits per heavy atom. The van der Waals surface area contributed by atoms with Crippen molar-refractivity contribution in [3.63, 3.8) is 0 Å². The number of hydrogen-bond donors (Lipinski definition) is 1. The van der Waals surface area contributed by atoms with E-state index in [4.69, 9.17) is 0 Å². The summed E-state index contributed by atoms with van der Waals surface area (Å²) in [5, 5.41) is 9.62. The van der Waals surface area contributed by atoms with Gasteiger partial charge in [-0.25, -0.2) is 4.79 Å². The Bertz CT molecular complexity index is 515. The van der Waals surface area contributed by atoms with Gasteiger partial charge < -0.3 is 10.0 Å². The zero-order valence-electron chi connectivity index (χ0n) is 12.8. The van der Waals surface area contributed by atoms with Gasteiger partial charge in [0.25, 0.3) is 0 Å². The number of carboxylic acids is 1. The number of carbonyl (C=O) groups excluding carboxylic acids is 1. The molecule has 0 atom stereocenters. The zero-order valence-corrected chi connectivity index (χ0v) is 12.8. The van der Waals surface area contributed by atoms with Gasteiger partial charge in [-0.2, -0.15) is 0 Å². The Labute approximate surface area is 125 Å². The van der Waals surface area contributed by atoms with Crippen LogP contribution in [0.25, 0.3) is 0 Å². The van der Waals surface area contributed by atoms with Gasteiger partial charge in [-0.05, 0) is 25.3 Å². The van der Waals surface area contributed by atoms with Crippen LogP contribution in [0.2, 0.25) is 0 Å². The molecule has 2 rings (SSSR count). The second kappa shape index (κ2) is 6.29. The van der Waals surface area contributed by atoms with E-state index in [9.17, 15) is 14.7 Å². The molecule has 1 aliphatic rings. The maximum absolute atomic E-state index is 12.5. The fraction of sp³-hybridized carbons (Fsp3) is 0.529. The van der Waals surface area contributed by atoms with Crippen molar-refractivity contribution >= 4 is 11.9 Å². The quantitative estimate of drug-likeness (QED) is 0.927. The Balaban J connectivity index is 2.13. The predicted octanol–water partition coefficient (Wildman–Crippen LogP) is 2.78. The fourth-order valence-corrected chi connectivity index (χ4v) is 3.07. The highest BCUT2D eigenvalue weighted by Crippen LogP contribution is 2.33. The molecule has 0 spiro atoms. The van der Waals surface area contributed by atoms with Gasteiger partial charge in [-0.1, -0.05) is 49.1 Å². The van der Waals surface area contributed by atoms with Gasteiger partial charge in [-0.15, -0.1) is 0 Å². The fourth-order valence-electron chi connectivity index (χ4n) is 3.07. The number of amides is 1. The average molecular weight is 289 g/mol. The molecule has 1 N–H and O–H groups in total. The van der Waals surface area contributed by atoms with Crippen LogP contribution in [0, 0.1) is 6.92 Å². The lowest BCUT2D eigenvalue weighted by atomic mass is 9.80. The smallest absolute Gasteiger partial charge is 0.329 e. The van der Waals surface area contributed by atoms with Gasteiger partial charge in [0.15, 0.2) is 0 Å². The first kappa shape index (κ1) is 15.5. The predicted molar refractivity (Wildman–Crippen MR) is 81.1 cm³/mol. The van der Waals surface area contributed by atoms with Crippen LogP contribution in [0.5, 0.6) is 0 Å². The number of aryl methyl sites for hydroxylation is 1. The molecule has 114 valence electrons. The van der Waals surface area contributed by atoms with Gasteiger partial charge in [0.2, 0.25) is 5.91 Å². The molecule has 0 unspecified atom stereocenters. The molecular formula is C17H23NO3. The molecule has 21 heavy (non-hydrogen) atoms. The van der Waals surface area contributed by atoms with Gasteiger partial charge in [0, 0.05) is 7.05 Å². The third kappa shape index (κ3) is 3.26. The number of likely N-dealkylation sites (N-methyl/N-ethyl adjacent to an activating group) is 1. The number of nitrogens with zero attached hydrogens (tertiary/aromatic N) is 1. The summed E-state index contributed by atoms with van der Waals surface area (Å²) in [7, 11) is 1.63. The van der Waals surface area contributed by atoms with Gasteiger partial charge in [-0.3, -0.25) is 4.79 Å². The first-order valence-electron chi connectivity index (χ1n) is 7.51. The van der Waals surface area contributed by atoms with Crippen LogP contribution in [0.1, 0.15) is 43.2 Å². The highest BCUT2D eigenvalue weighted by Gasteiger charge is 2.45. The van der Waals surface area contributed by atoms with E-state index in [2.05, 4.69) is 0 Å². The van der Waals surface area contributed by atoms with Crippen molar-refractivity contribution in [3.8, 4) is 0 Å². The molecule has 4 nitrogen and oxygen atoms in total. The van der Waals surface area contributed by atoms with E-state index in [1.165, 1.54) is 4.90 Å². The molecule has 0 aliphatic heterocycles. The summed E-state index contributed by atoms with van der Waals surface area (Å²) in [4.78, 5) is 25.7. The molecule has 0 bridgehead atoms. The number of carbonyl (C=O) groups is 2. The van der Waals surface area contributed by atoms with Crippen LogP contribution < -0.4 is 0 Å². The molecule has 0 heterocycles. The summed E-state index contributed by atoms with van der Waals surface area (Å²) in [5.41, 5.74) is 1.06. The van der Waals surface area contributed by atoms with Crippen molar-refractivity contribution in [3.05, 3.63) is 35.4 Å². The Morgan fingerprint density at radius 3 is 2.24 bits per heavy atom. The summed E-state index contributed by atoms with van der Waals surface area (Å²) in [6.45, 7) is 2.00. The molecule has 1 aliphatic carbocycles. The largest absolute Gasteiger partial charge is 0.479 e. The summed E-state index contributed by atoms with van der Waals surface area (Å²) in [6.07, 6.45) is 4.15. The molecule has 1 amide bonds. The third-order valence-corrected chi connectivity index (χ3v) is 4.57. The van der Waals surface area contributed by atoms with Crippen molar-refractivity contribution in [1.29, 1.82) is 0 Å². The monoisotopic (exact) mass is 289 g/mol. The molecular weight excluding hydrogens is 266 g/mol. The van der Waals surface area contributed by atoms with E-state index in [1.54, 1.807) is 7.05 Å². The highest BCUT2D eigenvalue weighted by atomic mass is 16.4. The lowest BCUT2D eigenvalue weighted by Crippen LogP contribution is -2.56. The number of hydrogen-bond acceptors (Lipinski definition) is 2. The minimum atomic E-state index is -1.01. The number of rotatable bonds is 4. The Hall–Kier alpha value is -1.84. The van der Waals surface area contributed by atoms with E-state index in [-0.39, 0.29) is 12.3 Å². The van der Waals surface area contributed by atoms with Crippen molar-refractivity contribution in [2.24, 2.45) is 0 Å². The number of carboxylic acid groups (broad SMARTS) is 1.